The van der Waals surface area contributed by atoms with E-state index in [0.717, 1.165) is 19.4 Å². The molecule has 0 radical (unpaired) electrons. The first-order valence-electron chi connectivity index (χ1n) is 6.57. The molecule has 1 amide bonds. The van der Waals surface area contributed by atoms with Crippen LogP contribution in [0.25, 0.3) is 0 Å². The lowest BCUT2D eigenvalue weighted by Gasteiger charge is -2.27. The van der Waals surface area contributed by atoms with Crippen molar-refractivity contribution in [3.05, 3.63) is 0 Å². The molecule has 4 heteroatoms. The highest BCUT2D eigenvalue weighted by atomic mass is 16.5. The molecule has 0 aliphatic heterocycles. The number of rotatable bonds is 7. The number of carbonyl (C=O) groups excluding carboxylic acids is 1. The minimum Gasteiger partial charge on any atom is -0.384 e. The van der Waals surface area contributed by atoms with Crippen molar-refractivity contribution in [1.82, 2.24) is 5.32 Å². The molecule has 1 aliphatic rings. The zero-order chi connectivity index (χ0) is 12.7. The Labute approximate surface area is 104 Å². The van der Waals surface area contributed by atoms with Crippen molar-refractivity contribution >= 4 is 5.91 Å². The first-order valence-corrected chi connectivity index (χ1v) is 6.57. The van der Waals surface area contributed by atoms with E-state index in [1.165, 1.54) is 12.8 Å². The molecular formula is C13H26N2O2. The molecule has 0 saturated heterocycles. The maximum absolute atomic E-state index is 11.7. The summed E-state index contributed by atoms with van der Waals surface area (Å²) in [6.07, 6.45) is 5.32. The van der Waals surface area contributed by atoms with Gasteiger partial charge in [-0.05, 0) is 30.7 Å². The van der Waals surface area contributed by atoms with Crippen molar-refractivity contribution in [2.24, 2.45) is 17.1 Å². The van der Waals surface area contributed by atoms with Gasteiger partial charge in [-0.1, -0.05) is 19.8 Å². The van der Waals surface area contributed by atoms with Crippen LogP contribution in [0.5, 0.6) is 0 Å². The van der Waals surface area contributed by atoms with Gasteiger partial charge in [-0.25, -0.2) is 0 Å². The smallest absolute Gasteiger partial charge is 0.220 e. The standard InChI is InChI=1S/C13H26N2O2/c1-11(8-17-2)7-12(16)15-10-13(9-14)5-3-4-6-13/h11H,3-10,14H2,1-2H3,(H,15,16). The Morgan fingerprint density at radius 2 is 2.12 bits per heavy atom. The van der Waals surface area contributed by atoms with Crippen LogP contribution in [0.2, 0.25) is 0 Å². The topological polar surface area (TPSA) is 64.3 Å². The molecule has 0 heterocycles. The van der Waals surface area contributed by atoms with Gasteiger partial charge < -0.3 is 15.8 Å². The first kappa shape index (κ1) is 14.5. The third-order valence-corrected chi connectivity index (χ3v) is 3.74. The summed E-state index contributed by atoms with van der Waals surface area (Å²) in [5.74, 6) is 0.395. The third-order valence-electron chi connectivity index (χ3n) is 3.74. The molecule has 0 bridgehead atoms. The number of methoxy groups -OCH3 is 1. The molecule has 1 fully saturated rings. The van der Waals surface area contributed by atoms with Gasteiger partial charge in [-0.3, -0.25) is 4.79 Å². The zero-order valence-electron chi connectivity index (χ0n) is 11.1. The van der Waals surface area contributed by atoms with Gasteiger partial charge >= 0.3 is 0 Å². The van der Waals surface area contributed by atoms with Gasteiger partial charge in [0.05, 0.1) is 0 Å². The molecule has 3 N–H and O–H groups in total. The molecule has 0 aromatic carbocycles. The van der Waals surface area contributed by atoms with Crippen molar-refractivity contribution < 1.29 is 9.53 Å². The van der Waals surface area contributed by atoms with Crippen molar-refractivity contribution in [2.45, 2.75) is 39.0 Å². The highest BCUT2D eigenvalue weighted by Crippen LogP contribution is 2.36. The largest absolute Gasteiger partial charge is 0.384 e. The lowest BCUT2D eigenvalue weighted by Crippen LogP contribution is -2.41. The fourth-order valence-corrected chi connectivity index (χ4v) is 2.60. The van der Waals surface area contributed by atoms with E-state index in [0.29, 0.717) is 19.6 Å². The molecule has 0 aromatic rings. The van der Waals surface area contributed by atoms with Crippen LogP contribution in [0.4, 0.5) is 0 Å². The van der Waals surface area contributed by atoms with Gasteiger partial charge in [-0.2, -0.15) is 0 Å². The Hall–Kier alpha value is -0.610. The summed E-state index contributed by atoms with van der Waals surface area (Å²) in [6, 6.07) is 0. The molecule has 1 rings (SSSR count). The van der Waals surface area contributed by atoms with Crippen molar-refractivity contribution in [1.29, 1.82) is 0 Å². The summed E-state index contributed by atoms with van der Waals surface area (Å²) in [7, 11) is 1.66. The summed E-state index contributed by atoms with van der Waals surface area (Å²) < 4.78 is 5.02. The van der Waals surface area contributed by atoms with E-state index < -0.39 is 0 Å². The number of amides is 1. The highest BCUT2D eigenvalue weighted by Gasteiger charge is 2.32. The molecule has 0 spiro atoms. The van der Waals surface area contributed by atoms with E-state index in [9.17, 15) is 4.79 Å². The van der Waals surface area contributed by atoms with E-state index in [1.807, 2.05) is 6.92 Å². The van der Waals surface area contributed by atoms with E-state index in [2.05, 4.69) is 5.32 Å². The van der Waals surface area contributed by atoms with Gasteiger partial charge in [0.1, 0.15) is 0 Å². The van der Waals surface area contributed by atoms with Crippen LogP contribution in [-0.4, -0.2) is 32.7 Å². The molecule has 4 nitrogen and oxygen atoms in total. The number of hydrogen-bond acceptors (Lipinski definition) is 3. The SMILES string of the molecule is COCC(C)CC(=O)NCC1(CN)CCCC1. The molecule has 1 aliphatic carbocycles. The monoisotopic (exact) mass is 242 g/mol. The quantitative estimate of drug-likeness (QED) is 0.707. The molecule has 1 unspecified atom stereocenters. The average molecular weight is 242 g/mol. The fraction of sp³-hybridized carbons (Fsp3) is 0.923. The number of carbonyl (C=O) groups is 1. The Bertz CT molecular complexity index is 238. The van der Waals surface area contributed by atoms with Gasteiger partial charge in [0.15, 0.2) is 0 Å². The van der Waals surface area contributed by atoms with Crippen LogP contribution in [0.1, 0.15) is 39.0 Å². The molecule has 1 atom stereocenters. The van der Waals surface area contributed by atoms with Crippen molar-refractivity contribution in [3.63, 3.8) is 0 Å². The Morgan fingerprint density at radius 3 is 2.65 bits per heavy atom. The van der Waals surface area contributed by atoms with Crippen LogP contribution < -0.4 is 11.1 Å². The summed E-state index contributed by atoms with van der Waals surface area (Å²) >= 11 is 0. The lowest BCUT2D eigenvalue weighted by atomic mass is 9.86. The van der Waals surface area contributed by atoms with E-state index >= 15 is 0 Å². The molecule has 1 saturated carbocycles. The Morgan fingerprint density at radius 1 is 1.47 bits per heavy atom. The van der Waals surface area contributed by atoms with Crippen LogP contribution in [0.15, 0.2) is 0 Å². The number of nitrogens with one attached hydrogen (secondary N) is 1. The maximum Gasteiger partial charge on any atom is 0.220 e. The number of ether oxygens (including phenoxy) is 1. The van der Waals surface area contributed by atoms with Gasteiger partial charge in [0.2, 0.25) is 5.91 Å². The van der Waals surface area contributed by atoms with Gasteiger partial charge in [-0.15, -0.1) is 0 Å². The summed E-state index contributed by atoms with van der Waals surface area (Å²) in [4.78, 5) is 11.7. The average Bonchev–Trinajstić information content (AvgIpc) is 2.76. The predicted molar refractivity (Wildman–Crippen MR) is 68.6 cm³/mol. The second-order valence-corrected chi connectivity index (χ2v) is 5.45. The highest BCUT2D eigenvalue weighted by molar-refractivity contribution is 5.76. The van der Waals surface area contributed by atoms with Gasteiger partial charge in [0.25, 0.3) is 0 Å². The molecule has 17 heavy (non-hydrogen) atoms. The predicted octanol–water partition coefficient (Wildman–Crippen LogP) is 1.29. The van der Waals surface area contributed by atoms with Crippen molar-refractivity contribution in [3.8, 4) is 0 Å². The summed E-state index contributed by atoms with van der Waals surface area (Å²) in [5.41, 5.74) is 6.00. The number of nitrogens with two attached hydrogens (primary N) is 1. The van der Waals surface area contributed by atoms with Gasteiger partial charge in [0, 0.05) is 26.7 Å². The second kappa shape index (κ2) is 6.97. The third kappa shape index (κ3) is 4.64. The van der Waals surface area contributed by atoms with Crippen LogP contribution in [-0.2, 0) is 9.53 Å². The summed E-state index contributed by atoms with van der Waals surface area (Å²) in [6.45, 7) is 4.08. The Kier molecular flexibility index (Phi) is 5.92. The van der Waals surface area contributed by atoms with E-state index in [-0.39, 0.29) is 17.2 Å². The van der Waals surface area contributed by atoms with Crippen molar-refractivity contribution in [2.75, 3.05) is 26.8 Å². The molecular weight excluding hydrogens is 216 g/mol. The first-order chi connectivity index (χ1) is 8.12. The minimum atomic E-state index is 0.120. The lowest BCUT2D eigenvalue weighted by molar-refractivity contribution is -0.122. The van der Waals surface area contributed by atoms with Crippen LogP contribution in [0.3, 0.4) is 0 Å². The van der Waals surface area contributed by atoms with E-state index in [1.54, 1.807) is 7.11 Å². The second-order valence-electron chi connectivity index (χ2n) is 5.45. The fourth-order valence-electron chi connectivity index (χ4n) is 2.60. The zero-order valence-corrected chi connectivity index (χ0v) is 11.1. The summed E-state index contributed by atoms with van der Waals surface area (Å²) in [5, 5.41) is 3.03. The van der Waals surface area contributed by atoms with Crippen LogP contribution >= 0.6 is 0 Å². The molecule has 100 valence electrons. The van der Waals surface area contributed by atoms with Crippen LogP contribution in [0, 0.1) is 11.3 Å². The van der Waals surface area contributed by atoms with E-state index in [4.69, 9.17) is 10.5 Å². The number of hydrogen-bond donors (Lipinski definition) is 2. The Balaban J connectivity index is 2.27. The molecule has 0 aromatic heterocycles. The normalized spacial score (nSPS) is 20.2. The minimum absolute atomic E-state index is 0.120. The maximum atomic E-state index is 11.7.